The molecule has 0 spiro atoms. The van der Waals surface area contributed by atoms with Crippen LogP contribution in [0, 0.1) is 0 Å². The minimum Gasteiger partial charge on any atom is -0.493 e. The summed E-state index contributed by atoms with van der Waals surface area (Å²) in [6, 6.07) is 3.89. The summed E-state index contributed by atoms with van der Waals surface area (Å²) < 4.78 is 11.5. The van der Waals surface area contributed by atoms with Crippen LogP contribution < -0.4 is 20.1 Å². The van der Waals surface area contributed by atoms with Gasteiger partial charge in [0.1, 0.15) is 0 Å². The van der Waals surface area contributed by atoms with Crippen molar-refractivity contribution in [3.63, 3.8) is 0 Å². The third-order valence-corrected chi connectivity index (χ3v) is 3.26. The van der Waals surface area contributed by atoms with Crippen molar-refractivity contribution < 1.29 is 9.47 Å². The van der Waals surface area contributed by atoms with Gasteiger partial charge in [0.2, 0.25) is 0 Å². The Labute approximate surface area is 134 Å². The lowest BCUT2D eigenvalue weighted by Crippen LogP contribution is -2.37. The van der Waals surface area contributed by atoms with Gasteiger partial charge in [0.25, 0.3) is 0 Å². The van der Waals surface area contributed by atoms with Gasteiger partial charge < -0.3 is 20.1 Å². The molecule has 0 aliphatic carbocycles. The largest absolute Gasteiger partial charge is 0.493 e. The molecule has 5 nitrogen and oxygen atoms in total. The molecule has 1 aromatic carbocycles. The van der Waals surface area contributed by atoms with Gasteiger partial charge in [-0.05, 0) is 40.5 Å². The van der Waals surface area contributed by atoms with Crippen molar-refractivity contribution in [1.82, 2.24) is 10.6 Å². The number of aliphatic imine (C=N–C) groups is 1. The first-order chi connectivity index (χ1) is 10.2. The van der Waals surface area contributed by atoms with Gasteiger partial charge in [0.05, 0.1) is 25.2 Å². The van der Waals surface area contributed by atoms with E-state index in [9.17, 15) is 0 Å². The fourth-order valence-corrected chi connectivity index (χ4v) is 2.39. The van der Waals surface area contributed by atoms with E-state index in [0.29, 0.717) is 24.6 Å². The number of nitrogens with one attached hydrogen (secondary N) is 2. The number of halogens is 1. The lowest BCUT2D eigenvalue weighted by Gasteiger charge is -2.12. The first-order valence-electron chi connectivity index (χ1n) is 6.69. The maximum Gasteiger partial charge on any atom is 0.191 e. The van der Waals surface area contributed by atoms with Gasteiger partial charge in [-0.1, -0.05) is 6.08 Å². The van der Waals surface area contributed by atoms with Gasteiger partial charge >= 0.3 is 0 Å². The van der Waals surface area contributed by atoms with E-state index in [1.807, 2.05) is 19.1 Å². The number of benzene rings is 1. The molecule has 116 valence electrons. The smallest absolute Gasteiger partial charge is 0.191 e. The molecule has 0 fully saturated rings. The zero-order chi connectivity index (χ0) is 15.7. The summed E-state index contributed by atoms with van der Waals surface area (Å²) in [6.07, 6.45) is 1.79. The van der Waals surface area contributed by atoms with Crippen LogP contribution >= 0.6 is 15.9 Å². The van der Waals surface area contributed by atoms with Gasteiger partial charge in [-0.15, -0.1) is 6.58 Å². The van der Waals surface area contributed by atoms with Crippen LogP contribution in [0.25, 0.3) is 0 Å². The van der Waals surface area contributed by atoms with Crippen molar-refractivity contribution in [3.05, 3.63) is 34.8 Å². The van der Waals surface area contributed by atoms with Crippen molar-refractivity contribution in [1.29, 1.82) is 0 Å². The number of hydrogen-bond acceptors (Lipinski definition) is 3. The Hall–Kier alpha value is -1.69. The summed E-state index contributed by atoms with van der Waals surface area (Å²) in [6.45, 7) is 7.71. The first kappa shape index (κ1) is 17.4. The molecule has 1 aromatic rings. The molecule has 0 unspecified atom stereocenters. The number of ether oxygens (including phenoxy) is 2. The van der Waals surface area contributed by atoms with Crippen LogP contribution in [-0.4, -0.2) is 33.3 Å². The molecular weight excluding hydrogens is 334 g/mol. The van der Waals surface area contributed by atoms with E-state index < -0.39 is 0 Å². The maximum atomic E-state index is 5.33. The van der Waals surface area contributed by atoms with Crippen molar-refractivity contribution in [2.75, 3.05) is 27.3 Å². The Morgan fingerprint density at radius 1 is 1.33 bits per heavy atom. The number of nitrogens with zero attached hydrogens (tertiary/aromatic N) is 1. The molecule has 6 heteroatoms. The predicted octanol–water partition coefficient (Wildman–Crippen LogP) is 2.71. The molecule has 0 radical (unpaired) electrons. The van der Waals surface area contributed by atoms with Crippen LogP contribution in [-0.2, 0) is 6.54 Å². The van der Waals surface area contributed by atoms with Gasteiger partial charge in [0.15, 0.2) is 17.5 Å². The molecule has 0 atom stereocenters. The highest BCUT2D eigenvalue weighted by molar-refractivity contribution is 9.10. The number of methoxy groups -OCH3 is 2. The van der Waals surface area contributed by atoms with E-state index >= 15 is 0 Å². The Kier molecular flexibility index (Phi) is 7.68. The second kappa shape index (κ2) is 9.28. The average molecular weight is 356 g/mol. The Morgan fingerprint density at radius 2 is 2.10 bits per heavy atom. The number of hydrogen-bond donors (Lipinski definition) is 2. The minimum atomic E-state index is 0.533. The molecule has 1 rings (SSSR count). The van der Waals surface area contributed by atoms with Crippen LogP contribution in [0.3, 0.4) is 0 Å². The number of guanidine groups is 1. The quantitative estimate of drug-likeness (QED) is 0.448. The van der Waals surface area contributed by atoms with E-state index in [4.69, 9.17) is 9.47 Å². The van der Waals surface area contributed by atoms with Gasteiger partial charge in [-0.25, -0.2) is 4.99 Å². The second-order valence-electron chi connectivity index (χ2n) is 4.18. The standard InChI is InChI=1S/C15H22BrN3O2/c1-5-7-18-15(17-6-2)19-10-11-8-12(16)14(21-4)13(9-11)20-3/h5,8-9H,1,6-7,10H2,2-4H3,(H2,17,18,19). The highest BCUT2D eigenvalue weighted by atomic mass is 79.9. The van der Waals surface area contributed by atoms with Crippen molar-refractivity contribution in [2.45, 2.75) is 13.5 Å². The van der Waals surface area contributed by atoms with E-state index in [2.05, 4.69) is 38.1 Å². The van der Waals surface area contributed by atoms with E-state index in [-0.39, 0.29) is 0 Å². The number of rotatable bonds is 7. The molecule has 21 heavy (non-hydrogen) atoms. The van der Waals surface area contributed by atoms with Crippen molar-refractivity contribution in [2.24, 2.45) is 4.99 Å². The van der Waals surface area contributed by atoms with Gasteiger partial charge in [-0.2, -0.15) is 0 Å². The zero-order valence-electron chi connectivity index (χ0n) is 12.7. The highest BCUT2D eigenvalue weighted by Crippen LogP contribution is 2.36. The van der Waals surface area contributed by atoms with Crippen LogP contribution in [0.1, 0.15) is 12.5 Å². The van der Waals surface area contributed by atoms with Gasteiger partial charge in [0, 0.05) is 13.1 Å². The van der Waals surface area contributed by atoms with Crippen molar-refractivity contribution in [3.8, 4) is 11.5 Å². The summed E-state index contributed by atoms with van der Waals surface area (Å²) in [4.78, 5) is 4.52. The topological polar surface area (TPSA) is 54.9 Å². The lowest BCUT2D eigenvalue weighted by atomic mass is 10.2. The summed E-state index contributed by atoms with van der Waals surface area (Å²) in [5.41, 5.74) is 1.02. The van der Waals surface area contributed by atoms with Crippen LogP contribution in [0.15, 0.2) is 34.3 Å². The van der Waals surface area contributed by atoms with Crippen LogP contribution in [0.2, 0.25) is 0 Å². The molecule has 0 saturated heterocycles. The summed E-state index contributed by atoms with van der Waals surface area (Å²) in [7, 11) is 3.23. The molecule has 0 aliphatic rings. The first-order valence-corrected chi connectivity index (χ1v) is 7.49. The summed E-state index contributed by atoms with van der Waals surface area (Å²) in [5.74, 6) is 2.12. The average Bonchev–Trinajstić information content (AvgIpc) is 2.49. The van der Waals surface area contributed by atoms with E-state index in [1.54, 1.807) is 20.3 Å². The lowest BCUT2D eigenvalue weighted by molar-refractivity contribution is 0.352. The minimum absolute atomic E-state index is 0.533. The molecule has 0 saturated carbocycles. The van der Waals surface area contributed by atoms with E-state index in [1.165, 1.54) is 0 Å². The van der Waals surface area contributed by atoms with Crippen molar-refractivity contribution >= 4 is 21.9 Å². The molecule has 0 bridgehead atoms. The third kappa shape index (κ3) is 5.30. The Bertz CT molecular complexity index is 504. The molecular formula is C15H22BrN3O2. The normalized spacial score (nSPS) is 11.0. The molecule has 0 aliphatic heterocycles. The fourth-order valence-electron chi connectivity index (χ4n) is 1.74. The SMILES string of the molecule is C=CCNC(=NCc1cc(Br)c(OC)c(OC)c1)NCC. The molecule has 0 aromatic heterocycles. The second-order valence-corrected chi connectivity index (χ2v) is 5.03. The van der Waals surface area contributed by atoms with E-state index in [0.717, 1.165) is 22.5 Å². The van der Waals surface area contributed by atoms with Crippen LogP contribution in [0.5, 0.6) is 11.5 Å². The molecule has 0 heterocycles. The fraction of sp³-hybridized carbons (Fsp3) is 0.400. The zero-order valence-corrected chi connectivity index (χ0v) is 14.3. The third-order valence-electron chi connectivity index (χ3n) is 2.67. The predicted molar refractivity (Wildman–Crippen MR) is 90.3 cm³/mol. The van der Waals surface area contributed by atoms with Crippen LogP contribution in [0.4, 0.5) is 0 Å². The molecule has 2 N–H and O–H groups in total. The Morgan fingerprint density at radius 3 is 2.67 bits per heavy atom. The summed E-state index contributed by atoms with van der Waals surface area (Å²) >= 11 is 3.48. The highest BCUT2D eigenvalue weighted by Gasteiger charge is 2.10. The maximum absolute atomic E-state index is 5.33. The van der Waals surface area contributed by atoms with Gasteiger partial charge in [-0.3, -0.25) is 0 Å². The monoisotopic (exact) mass is 355 g/mol. The summed E-state index contributed by atoms with van der Waals surface area (Å²) in [5, 5.41) is 6.34. The Balaban J connectivity index is 2.90. The molecule has 0 amide bonds.